The van der Waals surface area contributed by atoms with Crippen LogP contribution in [0.1, 0.15) is 44.1 Å². The van der Waals surface area contributed by atoms with E-state index < -0.39 is 6.10 Å². The number of nitrogens with one attached hydrogen (secondary N) is 2. The van der Waals surface area contributed by atoms with Gasteiger partial charge in [-0.05, 0) is 49.3 Å². The van der Waals surface area contributed by atoms with Crippen molar-refractivity contribution in [1.82, 2.24) is 5.32 Å². The zero-order valence-corrected chi connectivity index (χ0v) is 13.5. The molecular formula is C18H26N2O3. The monoisotopic (exact) mass is 318 g/mol. The molecule has 2 aliphatic carbocycles. The molecule has 2 aliphatic rings. The zero-order chi connectivity index (χ0) is 16.1. The van der Waals surface area contributed by atoms with Crippen molar-refractivity contribution in [1.29, 1.82) is 0 Å². The maximum Gasteiger partial charge on any atom is 0.319 e. The molecule has 126 valence electrons. The zero-order valence-electron chi connectivity index (χ0n) is 13.5. The van der Waals surface area contributed by atoms with Crippen molar-refractivity contribution >= 4 is 11.7 Å². The van der Waals surface area contributed by atoms with E-state index in [0.717, 1.165) is 49.5 Å². The number of urea groups is 1. The summed E-state index contributed by atoms with van der Waals surface area (Å²) in [5.74, 6) is 0.754. The van der Waals surface area contributed by atoms with Gasteiger partial charge in [0.05, 0.1) is 18.8 Å². The van der Waals surface area contributed by atoms with Gasteiger partial charge in [-0.1, -0.05) is 25.0 Å². The third-order valence-corrected chi connectivity index (χ3v) is 4.55. The van der Waals surface area contributed by atoms with Gasteiger partial charge in [0.1, 0.15) is 0 Å². The molecule has 5 heteroatoms. The van der Waals surface area contributed by atoms with Gasteiger partial charge in [-0.3, -0.25) is 0 Å². The first-order chi connectivity index (χ1) is 11.2. The lowest BCUT2D eigenvalue weighted by atomic mass is 9.93. The van der Waals surface area contributed by atoms with Crippen molar-refractivity contribution in [2.75, 3.05) is 11.9 Å². The molecule has 23 heavy (non-hydrogen) atoms. The molecule has 2 unspecified atom stereocenters. The van der Waals surface area contributed by atoms with Crippen molar-refractivity contribution in [3.63, 3.8) is 0 Å². The van der Waals surface area contributed by atoms with Crippen LogP contribution in [0.25, 0.3) is 0 Å². The number of hydrogen-bond donors (Lipinski definition) is 3. The quantitative estimate of drug-likeness (QED) is 0.755. The van der Waals surface area contributed by atoms with Gasteiger partial charge < -0.3 is 20.5 Å². The number of anilines is 1. The molecule has 0 heterocycles. The number of aliphatic hydroxyl groups excluding tert-OH is 1. The third kappa shape index (κ3) is 5.22. The van der Waals surface area contributed by atoms with Crippen LogP contribution in [0.3, 0.4) is 0 Å². The number of carbonyl (C=O) groups excluding carboxylic acids is 1. The van der Waals surface area contributed by atoms with E-state index in [1.165, 1.54) is 12.8 Å². The van der Waals surface area contributed by atoms with Crippen LogP contribution < -0.4 is 10.6 Å². The van der Waals surface area contributed by atoms with Crippen LogP contribution >= 0.6 is 0 Å². The van der Waals surface area contributed by atoms with Crippen molar-refractivity contribution in [3.8, 4) is 0 Å². The van der Waals surface area contributed by atoms with Crippen LogP contribution in [0.5, 0.6) is 0 Å². The summed E-state index contributed by atoms with van der Waals surface area (Å²) in [5, 5.41) is 15.6. The van der Waals surface area contributed by atoms with Gasteiger partial charge in [-0.25, -0.2) is 4.79 Å². The Kier molecular flexibility index (Phi) is 5.51. The van der Waals surface area contributed by atoms with Gasteiger partial charge in [0.2, 0.25) is 0 Å². The Morgan fingerprint density at radius 2 is 2.04 bits per heavy atom. The van der Waals surface area contributed by atoms with E-state index in [2.05, 4.69) is 10.6 Å². The molecule has 0 spiro atoms. The lowest BCUT2D eigenvalue weighted by Gasteiger charge is -2.28. The Morgan fingerprint density at radius 1 is 1.22 bits per heavy atom. The SMILES string of the molecule is O=C(Nc1cccc(COCC2CC2)c1)NC1CCCCC1O. The fourth-order valence-electron chi connectivity index (χ4n) is 2.98. The second-order valence-corrected chi connectivity index (χ2v) is 6.72. The number of carbonyl (C=O) groups is 1. The van der Waals surface area contributed by atoms with Crippen molar-refractivity contribution in [3.05, 3.63) is 29.8 Å². The minimum absolute atomic E-state index is 0.145. The normalized spacial score (nSPS) is 24.2. The molecule has 2 saturated carbocycles. The maximum absolute atomic E-state index is 12.1. The molecule has 1 aromatic carbocycles. The Balaban J connectivity index is 1.47. The molecular weight excluding hydrogens is 292 g/mol. The molecule has 2 atom stereocenters. The van der Waals surface area contributed by atoms with E-state index in [9.17, 15) is 9.90 Å². The average molecular weight is 318 g/mol. The Labute approximate surface area is 137 Å². The Bertz CT molecular complexity index is 531. The molecule has 2 fully saturated rings. The number of amides is 2. The van der Waals surface area contributed by atoms with Gasteiger partial charge in [-0.2, -0.15) is 0 Å². The highest BCUT2D eigenvalue weighted by Gasteiger charge is 2.24. The van der Waals surface area contributed by atoms with Crippen LogP contribution in [0.2, 0.25) is 0 Å². The third-order valence-electron chi connectivity index (χ3n) is 4.55. The molecule has 0 aromatic heterocycles. The fraction of sp³-hybridized carbons (Fsp3) is 0.611. The average Bonchev–Trinajstić information content (AvgIpc) is 3.34. The predicted molar refractivity (Wildman–Crippen MR) is 89.2 cm³/mol. The first-order valence-corrected chi connectivity index (χ1v) is 8.63. The summed E-state index contributed by atoms with van der Waals surface area (Å²) < 4.78 is 5.68. The van der Waals surface area contributed by atoms with Gasteiger partial charge in [-0.15, -0.1) is 0 Å². The molecule has 0 radical (unpaired) electrons. The summed E-state index contributed by atoms with van der Waals surface area (Å²) in [6.45, 7) is 1.41. The maximum atomic E-state index is 12.1. The second-order valence-electron chi connectivity index (χ2n) is 6.72. The highest BCUT2D eigenvalue weighted by Crippen LogP contribution is 2.29. The molecule has 3 N–H and O–H groups in total. The van der Waals surface area contributed by atoms with Crippen LogP contribution in [0.15, 0.2) is 24.3 Å². The smallest absolute Gasteiger partial charge is 0.319 e. The number of hydrogen-bond acceptors (Lipinski definition) is 3. The highest BCUT2D eigenvalue weighted by atomic mass is 16.5. The summed E-state index contributed by atoms with van der Waals surface area (Å²) in [6, 6.07) is 7.31. The molecule has 0 saturated heterocycles. The first-order valence-electron chi connectivity index (χ1n) is 8.63. The topological polar surface area (TPSA) is 70.6 Å². The minimum atomic E-state index is -0.434. The fourth-order valence-corrected chi connectivity index (χ4v) is 2.98. The van der Waals surface area contributed by atoms with E-state index >= 15 is 0 Å². The van der Waals surface area contributed by atoms with Crippen molar-refractivity contribution in [2.45, 2.75) is 57.3 Å². The summed E-state index contributed by atoms with van der Waals surface area (Å²) in [5.41, 5.74) is 1.81. The van der Waals surface area contributed by atoms with E-state index in [4.69, 9.17) is 4.74 Å². The Hall–Kier alpha value is -1.59. The minimum Gasteiger partial charge on any atom is -0.391 e. The molecule has 3 rings (SSSR count). The van der Waals surface area contributed by atoms with Gasteiger partial charge in [0, 0.05) is 12.3 Å². The largest absolute Gasteiger partial charge is 0.391 e. The molecule has 0 aliphatic heterocycles. The van der Waals surface area contributed by atoms with Crippen LogP contribution in [-0.4, -0.2) is 29.9 Å². The van der Waals surface area contributed by atoms with Crippen molar-refractivity contribution < 1.29 is 14.6 Å². The number of ether oxygens (including phenoxy) is 1. The molecule has 0 bridgehead atoms. The van der Waals surface area contributed by atoms with Crippen LogP contribution in [0, 0.1) is 5.92 Å². The number of rotatable bonds is 6. The lowest BCUT2D eigenvalue weighted by molar-refractivity contribution is 0.0955. The second kappa shape index (κ2) is 7.79. The van der Waals surface area contributed by atoms with Gasteiger partial charge in [0.15, 0.2) is 0 Å². The standard InChI is InChI=1S/C18H26N2O3/c21-17-7-2-1-6-16(17)20-18(22)19-15-5-3-4-14(10-15)12-23-11-13-8-9-13/h3-5,10,13,16-17,21H,1-2,6-9,11-12H2,(H2,19,20,22). The van der Waals surface area contributed by atoms with Crippen LogP contribution in [-0.2, 0) is 11.3 Å². The predicted octanol–water partition coefficient (Wildman–Crippen LogP) is 3.04. The van der Waals surface area contributed by atoms with E-state index in [0.29, 0.717) is 6.61 Å². The highest BCUT2D eigenvalue weighted by molar-refractivity contribution is 5.89. The molecule has 1 aromatic rings. The molecule has 2 amide bonds. The summed E-state index contributed by atoms with van der Waals surface area (Å²) in [7, 11) is 0. The summed E-state index contributed by atoms with van der Waals surface area (Å²) in [6.07, 6.45) is 5.82. The Morgan fingerprint density at radius 3 is 2.83 bits per heavy atom. The van der Waals surface area contributed by atoms with Gasteiger partial charge in [0.25, 0.3) is 0 Å². The first kappa shape index (κ1) is 16.3. The van der Waals surface area contributed by atoms with E-state index in [1.807, 2.05) is 24.3 Å². The summed E-state index contributed by atoms with van der Waals surface area (Å²) in [4.78, 5) is 12.1. The number of aliphatic hydroxyl groups is 1. The van der Waals surface area contributed by atoms with Gasteiger partial charge >= 0.3 is 6.03 Å². The van der Waals surface area contributed by atoms with Crippen molar-refractivity contribution in [2.24, 2.45) is 5.92 Å². The summed E-state index contributed by atoms with van der Waals surface area (Å²) >= 11 is 0. The van der Waals surface area contributed by atoms with E-state index in [-0.39, 0.29) is 12.1 Å². The molecule has 5 nitrogen and oxygen atoms in total. The number of benzene rings is 1. The lowest BCUT2D eigenvalue weighted by Crippen LogP contribution is -2.46. The van der Waals surface area contributed by atoms with E-state index in [1.54, 1.807) is 0 Å². The van der Waals surface area contributed by atoms with Crippen LogP contribution in [0.4, 0.5) is 10.5 Å².